The number of imide groups is 4. The van der Waals surface area contributed by atoms with Crippen molar-refractivity contribution in [2.75, 3.05) is 6.61 Å². The number of pyridine rings is 4. The van der Waals surface area contributed by atoms with Gasteiger partial charge in [-0.05, 0) is 208 Å². The number of nitrogens with zero attached hydrogens (tertiary/aromatic N) is 8. The number of aryl methyl sites for hydroxylation is 11. The highest BCUT2D eigenvalue weighted by atomic mass is 35.5. The summed E-state index contributed by atoms with van der Waals surface area (Å²) in [5, 5.41) is 18.1. The average molecular weight is 1590 g/mol. The highest BCUT2D eigenvalue weighted by molar-refractivity contribution is 6.30. The summed E-state index contributed by atoms with van der Waals surface area (Å²) in [7, 11) is 0. The number of hydrogen-bond acceptors (Lipinski definition) is 17. The minimum atomic E-state index is -0.817. The van der Waals surface area contributed by atoms with Gasteiger partial charge in [0.25, 0.3) is 0 Å². The lowest BCUT2D eigenvalue weighted by Crippen LogP contribution is -2.41. The summed E-state index contributed by atoms with van der Waals surface area (Å²) in [4.78, 5) is 124. The van der Waals surface area contributed by atoms with Crippen LogP contribution in [0.25, 0.3) is 43.2 Å². The highest BCUT2D eigenvalue weighted by Crippen LogP contribution is 2.39. The molecule has 4 aliphatic heterocycles. The molecule has 1 N–H and O–H groups in total. The van der Waals surface area contributed by atoms with Crippen LogP contribution in [0.4, 0.5) is 19.2 Å². The molecule has 16 rings (SSSR count). The maximum atomic E-state index is 12.9. The van der Waals surface area contributed by atoms with Crippen LogP contribution in [0, 0.1) is 48.5 Å². The number of carbonyl (C=O) groups is 8. The third-order valence-corrected chi connectivity index (χ3v) is 21.9. The number of fused-ring (bicyclic) bond motifs is 4. The third kappa shape index (κ3) is 18.9. The van der Waals surface area contributed by atoms with Crippen molar-refractivity contribution in [3.8, 4) is 0 Å². The molecule has 4 aromatic heterocycles. The number of benzene rings is 8. The molecule has 21 nitrogen and oxygen atoms in total. The van der Waals surface area contributed by atoms with E-state index < -0.39 is 67.3 Å². The first-order chi connectivity index (χ1) is 56.3. The lowest BCUT2D eigenvalue weighted by Gasteiger charge is -2.21. The van der Waals surface area contributed by atoms with Crippen LogP contribution in [-0.2, 0) is 63.8 Å². The average Bonchev–Trinajstić information content (AvgIpc) is 1.66. The second-order valence-corrected chi connectivity index (χ2v) is 31.0. The Kier molecular flexibility index (Phi) is 25.7. The standard InChI is InChI=1S/C25H25NO3.C24H22ClNO3.C24H24N2O3.C22H22N4O4/c1-16-13-17(2)15-21(14-16)24-18(3)26(25(28)29-24)23(27)12-11-20-9-6-8-19-7-4-5-10-22(19)20;1-15-12-19(14-20(25)13-15)23-16(2)26(24(28)29-23)22(27)11-10-18-8-5-7-17-6-3-4-9-21(17)18;1-15-10-16(2)12-20(11-15)23-17(3)26(24(28)29-23)22(27)9-8-19-14-25-13-18-6-4-5-7-21(18)19;1-13-8-14(2)25-17(9-13)21-18(12-27)26(22(29)30-21)19(28)6-5-16-11-23-10-15-4-3-7-24-20(15)16/h4-10,13-15,18,24H,11-12H2,1-3H3;3-9,12-14,16,23H,10-11H2,1-2H3;4-7,10-14,17,23H,8-9H2,1-3H3;3-4,7-11,18,21,27H,5-6,12H2,1-2H3/t18-,24-;16-,23-;17-,23-;18-,21+/m0000/s1. The summed E-state index contributed by atoms with van der Waals surface area (Å²) >= 11 is 6.16. The summed E-state index contributed by atoms with van der Waals surface area (Å²) in [5.74, 6) is -1.06. The first-order valence-corrected chi connectivity index (χ1v) is 39.7. The van der Waals surface area contributed by atoms with Gasteiger partial charge in [0.05, 0.1) is 35.9 Å². The molecule has 598 valence electrons. The highest BCUT2D eigenvalue weighted by Gasteiger charge is 2.48. The van der Waals surface area contributed by atoms with Crippen LogP contribution in [0.1, 0.15) is 155 Å². The van der Waals surface area contributed by atoms with Gasteiger partial charge in [0.1, 0.15) is 24.4 Å². The molecule has 12 aromatic rings. The van der Waals surface area contributed by atoms with Gasteiger partial charge in [-0.2, -0.15) is 0 Å². The van der Waals surface area contributed by atoms with E-state index in [0.29, 0.717) is 36.4 Å². The zero-order valence-corrected chi connectivity index (χ0v) is 67.8. The van der Waals surface area contributed by atoms with Gasteiger partial charge >= 0.3 is 24.4 Å². The quantitative estimate of drug-likeness (QED) is 0.0831. The number of aliphatic hydroxyl groups excluding tert-OH is 1. The summed E-state index contributed by atoms with van der Waals surface area (Å²) in [6, 6.07) is 59.7. The Morgan fingerprint density at radius 1 is 0.385 bits per heavy atom. The van der Waals surface area contributed by atoms with Crippen molar-refractivity contribution in [2.24, 2.45) is 0 Å². The minimum Gasteiger partial charge on any atom is -0.439 e. The Morgan fingerprint density at radius 2 is 0.752 bits per heavy atom. The molecule has 8 amide bonds. The van der Waals surface area contributed by atoms with Crippen molar-refractivity contribution in [1.82, 2.24) is 39.5 Å². The number of rotatable bonds is 17. The van der Waals surface area contributed by atoms with Gasteiger partial charge in [0.15, 0.2) is 6.10 Å². The zero-order valence-electron chi connectivity index (χ0n) is 67.1. The molecule has 4 fully saturated rings. The summed E-state index contributed by atoms with van der Waals surface area (Å²) < 4.78 is 22.1. The predicted octanol–water partition coefficient (Wildman–Crippen LogP) is 18.9. The van der Waals surface area contributed by atoms with Crippen molar-refractivity contribution in [3.05, 3.63) is 308 Å². The monoisotopic (exact) mass is 1590 g/mol. The normalized spacial score (nSPS) is 18.8. The van der Waals surface area contributed by atoms with Crippen LogP contribution >= 0.6 is 11.6 Å². The number of aromatic nitrogens is 4. The molecule has 4 aliphatic rings. The molecule has 117 heavy (non-hydrogen) atoms. The van der Waals surface area contributed by atoms with Crippen molar-refractivity contribution in [3.63, 3.8) is 0 Å². The fourth-order valence-electron chi connectivity index (χ4n) is 16.3. The Labute approximate surface area is 684 Å². The number of ether oxygens (including phenoxy) is 4. The van der Waals surface area contributed by atoms with Gasteiger partial charge in [-0.25, -0.2) is 38.8 Å². The van der Waals surface area contributed by atoms with Gasteiger partial charge in [0.2, 0.25) is 23.6 Å². The summed E-state index contributed by atoms with van der Waals surface area (Å²) in [6.07, 6.45) is 6.89. The zero-order chi connectivity index (χ0) is 82.9. The van der Waals surface area contributed by atoms with Crippen LogP contribution < -0.4 is 0 Å². The van der Waals surface area contributed by atoms with Gasteiger partial charge in [-0.15, -0.1) is 0 Å². The molecule has 0 saturated carbocycles. The van der Waals surface area contributed by atoms with Gasteiger partial charge in [-0.1, -0.05) is 186 Å². The maximum Gasteiger partial charge on any atom is 0.417 e. The molecule has 0 spiro atoms. The smallest absolute Gasteiger partial charge is 0.417 e. The van der Waals surface area contributed by atoms with E-state index in [9.17, 15) is 43.5 Å². The van der Waals surface area contributed by atoms with Crippen LogP contribution in [0.5, 0.6) is 0 Å². The van der Waals surface area contributed by atoms with Crippen LogP contribution in [-0.4, -0.2) is 123 Å². The number of hydrogen-bond donors (Lipinski definition) is 1. The Hall–Kier alpha value is -12.6. The Bertz CT molecular complexity index is 5280. The van der Waals surface area contributed by atoms with E-state index in [2.05, 4.69) is 68.5 Å². The number of cyclic esters (lactones) is 4. The summed E-state index contributed by atoms with van der Waals surface area (Å²) in [5.41, 5.74) is 15.2. The van der Waals surface area contributed by atoms with Crippen molar-refractivity contribution in [2.45, 2.75) is 169 Å². The molecule has 8 aromatic carbocycles. The van der Waals surface area contributed by atoms with Gasteiger partial charge < -0.3 is 24.1 Å². The fourth-order valence-corrected chi connectivity index (χ4v) is 16.6. The van der Waals surface area contributed by atoms with Crippen molar-refractivity contribution in [1.29, 1.82) is 0 Å². The minimum absolute atomic E-state index is 0.0654. The number of halogens is 1. The van der Waals surface area contributed by atoms with Gasteiger partial charge in [0, 0.05) is 78.2 Å². The molecule has 8 atom stereocenters. The fraction of sp³-hybridized carbons (Fsp3) is 0.284. The lowest BCUT2D eigenvalue weighted by atomic mass is 9.98. The first kappa shape index (κ1) is 82.4. The number of carbonyl (C=O) groups excluding carboxylic acids is 8. The van der Waals surface area contributed by atoms with E-state index >= 15 is 0 Å². The predicted molar refractivity (Wildman–Crippen MR) is 448 cm³/mol. The molecule has 0 bridgehead atoms. The van der Waals surface area contributed by atoms with E-state index in [1.165, 1.54) is 14.7 Å². The van der Waals surface area contributed by atoms with E-state index in [4.69, 9.17) is 30.5 Å². The van der Waals surface area contributed by atoms with Crippen LogP contribution in [0.15, 0.2) is 219 Å². The number of aliphatic hydroxyl groups is 1. The molecule has 22 heteroatoms. The second-order valence-electron chi connectivity index (χ2n) is 30.5. The molecule has 0 aliphatic carbocycles. The number of amides is 8. The second kappa shape index (κ2) is 36.5. The molecule has 4 saturated heterocycles. The SMILES string of the molecule is Cc1cc(C)cc([C@H]2OC(=O)N(C(=O)CCc3cccc4ccccc34)[C@H]2C)c1.Cc1cc(C)cc([C@H]2OC(=O)N(C(=O)CCc3cncc4ccccc34)[C@H]2C)c1.Cc1cc(C)nc([C@H]2OC(=O)N(C(=O)CCc3cncc4cccnc34)[C@H]2CO)c1.Cc1cc(Cl)cc([C@H]2OC(=O)N(C(=O)CCc3cccc4ccccc34)[C@H]2C)c1. The van der Waals surface area contributed by atoms with Crippen LogP contribution in [0.2, 0.25) is 5.02 Å². The topological polar surface area (TPSA) is 258 Å². The Balaban J connectivity index is 0.000000135. The molecular weight excluding hydrogens is 1500 g/mol. The molecule has 0 unspecified atom stereocenters. The van der Waals surface area contributed by atoms with E-state index in [0.717, 1.165) is 126 Å². The first-order valence-electron chi connectivity index (χ1n) is 39.3. The van der Waals surface area contributed by atoms with E-state index in [1.807, 2.05) is 203 Å². The largest absolute Gasteiger partial charge is 0.439 e. The molecule has 0 radical (unpaired) electrons. The summed E-state index contributed by atoms with van der Waals surface area (Å²) in [6.45, 7) is 18.9. The third-order valence-electron chi connectivity index (χ3n) is 21.7. The lowest BCUT2D eigenvalue weighted by molar-refractivity contribution is -0.130. The molecular formula is C95H93ClN8O13. The van der Waals surface area contributed by atoms with E-state index in [-0.39, 0.29) is 61.5 Å². The van der Waals surface area contributed by atoms with Crippen molar-refractivity contribution < 1.29 is 62.4 Å². The molecule has 8 heterocycles. The van der Waals surface area contributed by atoms with Crippen molar-refractivity contribution >= 4 is 103 Å². The van der Waals surface area contributed by atoms with Gasteiger partial charge in [-0.3, -0.25) is 39.1 Å². The van der Waals surface area contributed by atoms with Crippen LogP contribution in [0.3, 0.4) is 0 Å². The maximum absolute atomic E-state index is 12.9. The van der Waals surface area contributed by atoms with E-state index in [1.54, 1.807) is 36.9 Å². The Morgan fingerprint density at radius 3 is 1.22 bits per heavy atom.